The smallest absolute Gasteiger partial charge is 0.147 e. The molecule has 0 amide bonds. The number of ether oxygens (including phenoxy) is 2. The van der Waals surface area contributed by atoms with Crippen LogP contribution in [0.5, 0.6) is 0 Å². The lowest BCUT2D eigenvalue weighted by atomic mass is 9.81. The molecule has 1 heterocycles. The predicted octanol–water partition coefficient (Wildman–Crippen LogP) is 1.75. The van der Waals surface area contributed by atoms with E-state index in [1.54, 1.807) is 0 Å². The molecule has 2 aliphatic rings. The minimum Gasteiger partial charge on any atom is -0.349 e. The zero-order chi connectivity index (χ0) is 9.97. The van der Waals surface area contributed by atoms with E-state index in [1.807, 2.05) is 6.92 Å². The molecule has 2 rings (SSSR count). The SMILES string of the molecule is CC(C=O)CC1CCC2OCOC2C1. The highest BCUT2D eigenvalue weighted by atomic mass is 16.7. The second-order valence-corrected chi connectivity index (χ2v) is 4.56. The summed E-state index contributed by atoms with van der Waals surface area (Å²) < 4.78 is 10.9. The van der Waals surface area contributed by atoms with Crippen molar-refractivity contribution in [3.05, 3.63) is 0 Å². The van der Waals surface area contributed by atoms with Gasteiger partial charge < -0.3 is 14.3 Å². The maximum absolute atomic E-state index is 10.6. The van der Waals surface area contributed by atoms with Crippen LogP contribution in [0.4, 0.5) is 0 Å². The molecule has 0 N–H and O–H groups in total. The van der Waals surface area contributed by atoms with Crippen molar-refractivity contribution in [2.24, 2.45) is 11.8 Å². The Morgan fingerprint density at radius 2 is 2.14 bits per heavy atom. The van der Waals surface area contributed by atoms with E-state index in [4.69, 9.17) is 9.47 Å². The minimum atomic E-state index is 0.193. The summed E-state index contributed by atoms with van der Waals surface area (Å²) in [6.07, 6.45) is 6.05. The molecule has 1 aliphatic carbocycles. The van der Waals surface area contributed by atoms with Gasteiger partial charge in [-0.3, -0.25) is 0 Å². The third-order valence-corrected chi connectivity index (χ3v) is 3.34. The summed E-state index contributed by atoms with van der Waals surface area (Å²) in [6, 6.07) is 0. The molecule has 80 valence electrons. The van der Waals surface area contributed by atoms with Crippen LogP contribution in [-0.2, 0) is 14.3 Å². The highest BCUT2D eigenvalue weighted by Gasteiger charge is 2.35. The van der Waals surface area contributed by atoms with Gasteiger partial charge in [0.2, 0.25) is 0 Å². The van der Waals surface area contributed by atoms with Crippen LogP contribution in [0.15, 0.2) is 0 Å². The van der Waals surface area contributed by atoms with Gasteiger partial charge in [-0.05, 0) is 31.6 Å². The first-order valence-corrected chi connectivity index (χ1v) is 5.48. The molecular formula is C11H18O3. The Hall–Kier alpha value is -0.410. The minimum absolute atomic E-state index is 0.193. The van der Waals surface area contributed by atoms with Gasteiger partial charge in [-0.2, -0.15) is 0 Å². The van der Waals surface area contributed by atoms with E-state index in [0.717, 1.165) is 25.5 Å². The Labute approximate surface area is 84.8 Å². The number of hydrogen-bond acceptors (Lipinski definition) is 3. The van der Waals surface area contributed by atoms with Gasteiger partial charge in [0, 0.05) is 5.92 Å². The average Bonchev–Trinajstić information content (AvgIpc) is 2.64. The molecule has 0 aromatic heterocycles. The molecule has 0 spiro atoms. The average molecular weight is 198 g/mol. The molecule has 0 aromatic rings. The number of aldehydes is 1. The van der Waals surface area contributed by atoms with Crippen LogP contribution in [0.3, 0.4) is 0 Å². The topological polar surface area (TPSA) is 35.5 Å². The van der Waals surface area contributed by atoms with Crippen LogP contribution < -0.4 is 0 Å². The Balaban J connectivity index is 1.82. The first kappa shape index (κ1) is 10.1. The molecular weight excluding hydrogens is 180 g/mol. The van der Waals surface area contributed by atoms with Crippen LogP contribution in [-0.4, -0.2) is 25.3 Å². The lowest BCUT2D eigenvalue weighted by Crippen LogP contribution is -2.31. The predicted molar refractivity (Wildman–Crippen MR) is 51.8 cm³/mol. The lowest BCUT2D eigenvalue weighted by Gasteiger charge is -2.30. The van der Waals surface area contributed by atoms with Crippen LogP contribution in [0.1, 0.15) is 32.6 Å². The third kappa shape index (κ3) is 2.15. The summed E-state index contributed by atoms with van der Waals surface area (Å²) in [4.78, 5) is 10.6. The van der Waals surface area contributed by atoms with Gasteiger partial charge in [-0.25, -0.2) is 0 Å². The zero-order valence-electron chi connectivity index (χ0n) is 8.65. The highest BCUT2D eigenvalue weighted by Crippen LogP contribution is 2.34. The van der Waals surface area contributed by atoms with E-state index in [9.17, 15) is 4.79 Å². The molecule has 3 nitrogen and oxygen atoms in total. The molecule has 0 radical (unpaired) electrons. The molecule has 3 heteroatoms. The summed E-state index contributed by atoms with van der Waals surface area (Å²) in [5.74, 6) is 0.844. The van der Waals surface area contributed by atoms with Crippen molar-refractivity contribution in [2.45, 2.75) is 44.8 Å². The Morgan fingerprint density at radius 1 is 1.36 bits per heavy atom. The normalized spacial score (nSPS) is 39.1. The Kier molecular flexibility index (Phi) is 3.19. The van der Waals surface area contributed by atoms with E-state index >= 15 is 0 Å². The van der Waals surface area contributed by atoms with Gasteiger partial charge in [0.15, 0.2) is 0 Å². The van der Waals surface area contributed by atoms with E-state index in [1.165, 1.54) is 6.42 Å². The second kappa shape index (κ2) is 4.41. The number of carbonyl (C=O) groups is 1. The molecule has 0 bridgehead atoms. The monoisotopic (exact) mass is 198 g/mol. The number of hydrogen-bond donors (Lipinski definition) is 0. The first-order chi connectivity index (χ1) is 6.79. The van der Waals surface area contributed by atoms with Crippen LogP contribution >= 0.6 is 0 Å². The fourth-order valence-electron chi connectivity index (χ4n) is 2.56. The Morgan fingerprint density at radius 3 is 2.93 bits per heavy atom. The summed E-state index contributed by atoms with van der Waals surface area (Å²) >= 11 is 0. The quantitative estimate of drug-likeness (QED) is 0.648. The largest absolute Gasteiger partial charge is 0.349 e. The van der Waals surface area contributed by atoms with Gasteiger partial charge in [-0.1, -0.05) is 6.92 Å². The van der Waals surface area contributed by atoms with Crippen LogP contribution in [0.25, 0.3) is 0 Å². The van der Waals surface area contributed by atoms with Crippen molar-refractivity contribution in [1.29, 1.82) is 0 Å². The highest BCUT2D eigenvalue weighted by molar-refractivity contribution is 5.52. The van der Waals surface area contributed by atoms with E-state index in [2.05, 4.69) is 0 Å². The van der Waals surface area contributed by atoms with Crippen molar-refractivity contribution in [2.75, 3.05) is 6.79 Å². The molecule has 1 aliphatic heterocycles. The molecule has 0 aromatic carbocycles. The summed E-state index contributed by atoms with van der Waals surface area (Å²) in [5, 5.41) is 0. The summed E-state index contributed by atoms with van der Waals surface area (Å²) in [5.41, 5.74) is 0. The van der Waals surface area contributed by atoms with Crippen molar-refractivity contribution in [3.63, 3.8) is 0 Å². The van der Waals surface area contributed by atoms with E-state index < -0.39 is 0 Å². The molecule has 14 heavy (non-hydrogen) atoms. The maximum Gasteiger partial charge on any atom is 0.147 e. The molecule has 1 saturated heterocycles. The molecule has 4 atom stereocenters. The van der Waals surface area contributed by atoms with Gasteiger partial charge in [0.1, 0.15) is 13.1 Å². The van der Waals surface area contributed by atoms with Gasteiger partial charge in [0.05, 0.1) is 12.2 Å². The van der Waals surface area contributed by atoms with E-state index in [-0.39, 0.29) is 5.92 Å². The van der Waals surface area contributed by atoms with Crippen molar-refractivity contribution < 1.29 is 14.3 Å². The number of carbonyl (C=O) groups excluding carboxylic acids is 1. The Bertz CT molecular complexity index is 205. The fourth-order valence-corrected chi connectivity index (χ4v) is 2.56. The second-order valence-electron chi connectivity index (χ2n) is 4.56. The summed E-state index contributed by atoms with van der Waals surface area (Å²) in [7, 11) is 0. The lowest BCUT2D eigenvalue weighted by molar-refractivity contribution is -0.111. The third-order valence-electron chi connectivity index (χ3n) is 3.34. The van der Waals surface area contributed by atoms with E-state index in [0.29, 0.717) is 24.9 Å². The molecule has 2 fully saturated rings. The molecule has 1 saturated carbocycles. The van der Waals surface area contributed by atoms with Gasteiger partial charge in [0.25, 0.3) is 0 Å². The number of fused-ring (bicyclic) bond motifs is 1. The summed E-state index contributed by atoms with van der Waals surface area (Å²) in [6.45, 7) is 2.45. The van der Waals surface area contributed by atoms with Gasteiger partial charge >= 0.3 is 0 Å². The van der Waals surface area contributed by atoms with Crippen molar-refractivity contribution in [1.82, 2.24) is 0 Å². The number of rotatable bonds is 3. The van der Waals surface area contributed by atoms with Crippen molar-refractivity contribution >= 4 is 6.29 Å². The first-order valence-electron chi connectivity index (χ1n) is 5.48. The standard InChI is InChI=1S/C11H18O3/c1-8(6-12)4-9-2-3-10-11(5-9)14-7-13-10/h6,8-11H,2-5,7H2,1H3. The van der Waals surface area contributed by atoms with Gasteiger partial charge in [-0.15, -0.1) is 0 Å². The fraction of sp³-hybridized carbons (Fsp3) is 0.909. The van der Waals surface area contributed by atoms with Crippen LogP contribution in [0.2, 0.25) is 0 Å². The molecule has 4 unspecified atom stereocenters. The maximum atomic E-state index is 10.6. The van der Waals surface area contributed by atoms with Crippen molar-refractivity contribution in [3.8, 4) is 0 Å². The zero-order valence-corrected chi connectivity index (χ0v) is 8.65. The van der Waals surface area contributed by atoms with Crippen LogP contribution in [0, 0.1) is 11.8 Å².